The van der Waals surface area contributed by atoms with Crippen LogP contribution in [0.25, 0.3) is 0 Å². The van der Waals surface area contributed by atoms with E-state index in [1.54, 1.807) is 6.07 Å². The van der Waals surface area contributed by atoms with E-state index in [4.69, 9.17) is 0 Å². The van der Waals surface area contributed by atoms with E-state index < -0.39 is 10.1 Å². The third kappa shape index (κ3) is 6.49. The van der Waals surface area contributed by atoms with Crippen LogP contribution < -0.4 is 0 Å². The van der Waals surface area contributed by atoms with Crippen LogP contribution in [0.2, 0.25) is 0 Å². The smallest absolute Gasteiger partial charge is 0.282 e. The minimum atomic E-state index is -4.14. The Labute approximate surface area is 135 Å². The van der Waals surface area contributed by atoms with Crippen LogP contribution in [0, 0.1) is 0 Å². The predicted molar refractivity (Wildman–Crippen MR) is 91.9 cm³/mol. The van der Waals surface area contributed by atoms with Gasteiger partial charge in [0.1, 0.15) is 0 Å². The molecule has 0 heterocycles. The molecule has 1 aromatic rings. The summed E-state index contributed by atoms with van der Waals surface area (Å²) in [6, 6.07) is 6.88. The summed E-state index contributed by atoms with van der Waals surface area (Å²) in [5, 5.41) is 0. The molecule has 1 rings (SSSR count). The molecule has 0 aromatic heterocycles. The minimum absolute atomic E-state index is 0.0828. The largest absolute Gasteiger partial charge is 0.294 e. The van der Waals surface area contributed by atoms with Gasteiger partial charge in [0.25, 0.3) is 10.1 Å². The molecule has 3 nitrogen and oxygen atoms in total. The molecular formula is C18H30O3S. The van der Waals surface area contributed by atoms with Gasteiger partial charge < -0.3 is 0 Å². The first kappa shape index (κ1) is 19.2. The normalized spacial score (nSPS) is 13.2. The predicted octanol–water partition coefficient (Wildman–Crippen LogP) is 5.57. The Bertz CT molecular complexity index is 523. The molecule has 126 valence electrons. The fraction of sp³-hybridized carbons (Fsp3) is 0.667. The van der Waals surface area contributed by atoms with Crippen molar-refractivity contribution in [2.24, 2.45) is 0 Å². The second-order valence-electron chi connectivity index (χ2n) is 6.05. The Balaban J connectivity index is 2.71. The molecular weight excluding hydrogens is 296 g/mol. The molecule has 0 spiro atoms. The molecule has 0 amide bonds. The van der Waals surface area contributed by atoms with Crippen molar-refractivity contribution < 1.29 is 13.0 Å². The zero-order chi connectivity index (χ0) is 16.4. The molecule has 0 bridgehead atoms. The molecule has 22 heavy (non-hydrogen) atoms. The third-order valence-corrected chi connectivity index (χ3v) is 5.11. The Hall–Kier alpha value is -0.870. The highest BCUT2D eigenvalue weighted by molar-refractivity contribution is 7.85. The average molecular weight is 327 g/mol. The van der Waals surface area contributed by atoms with Crippen LogP contribution in [-0.4, -0.2) is 13.0 Å². The topological polar surface area (TPSA) is 54.4 Å². The van der Waals surface area contributed by atoms with E-state index in [9.17, 15) is 13.0 Å². The van der Waals surface area contributed by atoms with E-state index in [2.05, 4.69) is 13.8 Å². The molecule has 1 N–H and O–H groups in total. The quantitative estimate of drug-likeness (QED) is 0.427. The van der Waals surface area contributed by atoms with Crippen LogP contribution in [0.4, 0.5) is 0 Å². The standard InChI is InChI=1S/C18H30O3S/c1-3-5-6-7-8-9-13-16(12-4-2)17-14-10-11-15-18(17)22(19,20)21/h10-11,14-16H,3-9,12-13H2,1-2H3,(H,19,20,21). The van der Waals surface area contributed by atoms with E-state index in [0.29, 0.717) is 0 Å². The first-order valence-electron chi connectivity index (χ1n) is 8.57. The zero-order valence-electron chi connectivity index (χ0n) is 13.9. The molecule has 0 radical (unpaired) electrons. The third-order valence-electron chi connectivity index (χ3n) is 4.18. The van der Waals surface area contributed by atoms with E-state index in [0.717, 1.165) is 31.2 Å². The number of benzene rings is 1. The minimum Gasteiger partial charge on any atom is -0.282 e. The lowest BCUT2D eigenvalue weighted by Gasteiger charge is -2.19. The van der Waals surface area contributed by atoms with Gasteiger partial charge in [0, 0.05) is 0 Å². The van der Waals surface area contributed by atoms with Crippen molar-refractivity contribution in [1.82, 2.24) is 0 Å². The van der Waals surface area contributed by atoms with Gasteiger partial charge in [0.05, 0.1) is 4.90 Å². The van der Waals surface area contributed by atoms with Gasteiger partial charge in [0.2, 0.25) is 0 Å². The molecule has 0 fully saturated rings. The SMILES string of the molecule is CCCCCCCCC(CCC)c1ccccc1S(=O)(=O)O. The molecule has 0 saturated heterocycles. The van der Waals surface area contributed by atoms with Crippen molar-refractivity contribution in [3.63, 3.8) is 0 Å². The van der Waals surface area contributed by atoms with Gasteiger partial charge >= 0.3 is 0 Å². The molecule has 0 aliphatic rings. The van der Waals surface area contributed by atoms with Crippen LogP contribution in [-0.2, 0) is 10.1 Å². The molecule has 4 heteroatoms. The Morgan fingerprint density at radius 1 is 0.909 bits per heavy atom. The summed E-state index contributed by atoms with van der Waals surface area (Å²) in [5.74, 6) is 0.217. The fourth-order valence-corrected chi connectivity index (χ4v) is 3.81. The lowest BCUT2D eigenvalue weighted by Crippen LogP contribution is -2.08. The van der Waals surface area contributed by atoms with Crippen molar-refractivity contribution in [2.45, 2.75) is 82.4 Å². The van der Waals surface area contributed by atoms with E-state index in [1.807, 2.05) is 12.1 Å². The Morgan fingerprint density at radius 2 is 1.55 bits per heavy atom. The van der Waals surface area contributed by atoms with E-state index >= 15 is 0 Å². The van der Waals surface area contributed by atoms with Gasteiger partial charge in [-0.1, -0.05) is 77.0 Å². The maximum absolute atomic E-state index is 11.6. The van der Waals surface area contributed by atoms with Crippen molar-refractivity contribution in [3.8, 4) is 0 Å². The van der Waals surface area contributed by atoms with E-state index in [1.165, 1.54) is 38.2 Å². The second-order valence-corrected chi connectivity index (χ2v) is 7.44. The van der Waals surface area contributed by atoms with Crippen LogP contribution >= 0.6 is 0 Å². The van der Waals surface area contributed by atoms with Gasteiger partial charge in [0.15, 0.2) is 0 Å². The number of rotatable bonds is 11. The van der Waals surface area contributed by atoms with Crippen LogP contribution in [0.15, 0.2) is 29.2 Å². The molecule has 1 unspecified atom stereocenters. The summed E-state index contributed by atoms with van der Waals surface area (Å²) in [6.45, 7) is 4.33. The van der Waals surface area contributed by atoms with Gasteiger partial charge in [-0.3, -0.25) is 4.55 Å². The monoisotopic (exact) mass is 326 g/mol. The first-order chi connectivity index (χ1) is 10.5. The van der Waals surface area contributed by atoms with Gasteiger partial charge in [-0.05, 0) is 30.4 Å². The maximum Gasteiger partial charge on any atom is 0.294 e. The average Bonchev–Trinajstić information content (AvgIpc) is 2.49. The van der Waals surface area contributed by atoms with Crippen molar-refractivity contribution >= 4 is 10.1 Å². The van der Waals surface area contributed by atoms with Crippen molar-refractivity contribution in [2.75, 3.05) is 0 Å². The lowest BCUT2D eigenvalue weighted by atomic mass is 9.89. The van der Waals surface area contributed by atoms with Crippen LogP contribution in [0.3, 0.4) is 0 Å². The van der Waals surface area contributed by atoms with Crippen molar-refractivity contribution in [3.05, 3.63) is 29.8 Å². The molecule has 1 atom stereocenters. The first-order valence-corrected chi connectivity index (χ1v) is 10.0. The van der Waals surface area contributed by atoms with Gasteiger partial charge in [-0.15, -0.1) is 0 Å². The second kappa shape index (κ2) is 10.0. The van der Waals surface area contributed by atoms with Crippen LogP contribution in [0.1, 0.15) is 83.1 Å². The molecule has 0 aliphatic heterocycles. The summed E-state index contributed by atoms with van der Waals surface area (Å²) in [7, 11) is -4.14. The molecule has 1 aromatic carbocycles. The summed E-state index contributed by atoms with van der Waals surface area (Å²) >= 11 is 0. The maximum atomic E-state index is 11.6. The number of hydrogen-bond acceptors (Lipinski definition) is 2. The highest BCUT2D eigenvalue weighted by atomic mass is 32.2. The summed E-state index contributed by atoms with van der Waals surface area (Å²) in [5.41, 5.74) is 0.778. The zero-order valence-corrected chi connectivity index (χ0v) is 14.7. The Kier molecular flexibility index (Phi) is 8.72. The van der Waals surface area contributed by atoms with Gasteiger partial charge in [-0.25, -0.2) is 0 Å². The van der Waals surface area contributed by atoms with Crippen molar-refractivity contribution in [1.29, 1.82) is 0 Å². The highest BCUT2D eigenvalue weighted by Gasteiger charge is 2.20. The lowest BCUT2D eigenvalue weighted by molar-refractivity contribution is 0.473. The Morgan fingerprint density at radius 3 is 2.18 bits per heavy atom. The van der Waals surface area contributed by atoms with E-state index in [-0.39, 0.29) is 10.8 Å². The summed E-state index contributed by atoms with van der Waals surface area (Å²) < 4.78 is 32.6. The fourth-order valence-electron chi connectivity index (χ4n) is 3.03. The summed E-state index contributed by atoms with van der Waals surface area (Å²) in [4.78, 5) is 0.0828. The molecule has 0 saturated carbocycles. The van der Waals surface area contributed by atoms with Gasteiger partial charge in [-0.2, -0.15) is 8.42 Å². The number of unbranched alkanes of at least 4 members (excludes halogenated alkanes) is 5. The van der Waals surface area contributed by atoms with Crippen LogP contribution in [0.5, 0.6) is 0 Å². The summed E-state index contributed by atoms with van der Waals surface area (Å²) in [6.07, 6.45) is 10.4. The molecule has 0 aliphatic carbocycles. The number of hydrogen-bond donors (Lipinski definition) is 1. The highest BCUT2D eigenvalue weighted by Crippen LogP contribution is 2.32.